The van der Waals surface area contributed by atoms with E-state index < -0.39 is 0 Å². The van der Waals surface area contributed by atoms with Crippen LogP contribution in [0.25, 0.3) is 0 Å². The molecule has 0 bridgehead atoms. The van der Waals surface area contributed by atoms with Crippen LogP contribution in [-0.4, -0.2) is 15.9 Å². The fourth-order valence-corrected chi connectivity index (χ4v) is 2.53. The van der Waals surface area contributed by atoms with Gasteiger partial charge >= 0.3 is 0 Å². The summed E-state index contributed by atoms with van der Waals surface area (Å²) in [6, 6.07) is 14.4. The molecular weight excluding hydrogens is 371 g/mol. The summed E-state index contributed by atoms with van der Waals surface area (Å²) in [6.45, 7) is 2.31. The van der Waals surface area contributed by atoms with Gasteiger partial charge in [0, 0.05) is 28.5 Å². The molecule has 5 nitrogen and oxygen atoms in total. The minimum Gasteiger partial charge on any atom is -0.347 e. The van der Waals surface area contributed by atoms with Gasteiger partial charge in [0.25, 0.3) is 5.91 Å². The van der Waals surface area contributed by atoms with Crippen molar-refractivity contribution in [3.63, 3.8) is 0 Å². The molecule has 1 aromatic heterocycles. The van der Waals surface area contributed by atoms with Gasteiger partial charge in [0.1, 0.15) is 5.69 Å². The molecule has 0 aliphatic rings. The quantitative estimate of drug-likeness (QED) is 0.662. The fraction of sp³-hybridized carbons (Fsp3) is 0.105. The second-order valence-corrected chi connectivity index (χ2v) is 6.51. The van der Waals surface area contributed by atoms with Crippen LogP contribution in [0.5, 0.6) is 0 Å². The van der Waals surface area contributed by atoms with Crippen molar-refractivity contribution in [3.05, 3.63) is 81.6 Å². The zero-order valence-electron chi connectivity index (χ0n) is 14.0. The maximum atomic E-state index is 12.3. The normalized spacial score (nSPS) is 10.4. The predicted molar refractivity (Wildman–Crippen MR) is 104 cm³/mol. The lowest BCUT2D eigenvalue weighted by atomic mass is 10.2. The lowest BCUT2D eigenvalue weighted by Gasteiger charge is -2.08. The number of halogens is 2. The predicted octanol–water partition coefficient (Wildman–Crippen LogP) is 4.77. The molecule has 0 aliphatic heterocycles. The second-order valence-electron chi connectivity index (χ2n) is 5.66. The molecule has 0 saturated heterocycles. The molecule has 2 aromatic carbocycles. The summed E-state index contributed by atoms with van der Waals surface area (Å²) >= 11 is 12.0. The third-order valence-corrected chi connectivity index (χ3v) is 4.34. The van der Waals surface area contributed by atoms with Gasteiger partial charge in [0.15, 0.2) is 0 Å². The minimum absolute atomic E-state index is 0.273. The number of anilines is 2. The highest BCUT2D eigenvalue weighted by molar-refractivity contribution is 6.31. The van der Waals surface area contributed by atoms with Crippen molar-refractivity contribution in [2.24, 2.45) is 0 Å². The summed E-state index contributed by atoms with van der Waals surface area (Å²) in [5.74, 6) is 0.0383. The number of benzene rings is 2. The number of amides is 1. The van der Waals surface area contributed by atoms with Crippen LogP contribution in [0.3, 0.4) is 0 Å². The number of aromatic nitrogens is 2. The zero-order valence-corrected chi connectivity index (χ0v) is 15.5. The van der Waals surface area contributed by atoms with Crippen molar-refractivity contribution in [1.82, 2.24) is 15.3 Å². The number of nitrogens with one attached hydrogen (secondary N) is 2. The van der Waals surface area contributed by atoms with Gasteiger partial charge in [0.05, 0.1) is 0 Å². The number of hydrogen-bond donors (Lipinski definition) is 2. The Bertz CT molecular complexity index is 929. The van der Waals surface area contributed by atoms with Crippen LogP contribution in [0.15, 0.2) is 54.7 Å². The van der Waals surface area contributed by atoms with Crippen molar-refractivity contribution >= 4 is 40.7 Å². The Morgan fingerprint density at radius 1 is 1.08 bits per heavy atom. The van der Waals surface area contributed by atoms with Crippen LogP contribution in [-0.2, 0) is 6.54 Å². The van der Waals surface area contributed by atoms with E-state index in [1.54, 1.807) is 24.3 Å². The van der Waals surface area contributed by atoms with Crippen molar-refractivity contribution in [3.8, 4) is 0 Å². The average Bonchev–Trinajstić information content (AvgIpc) is 2.64. The molecule has 0 fully saturated rings. The summed E-state index contributed by atoms with van der Waals surface area (Å²) in [5, 5.41) is 7.17. The number of nitrogens with zero attached hydrogens (tertiary/aromatic N) is 2. The van der Waals surface area contributed by atoms with Crippen molar-refractivity contribution in [1.29, 1.82) is 0 Å². The second kappa shape index (κ2) is 8.17. The fourth-order valence-electron chi connectivity index (χ4n) is 2.22. The van der Waals surface area contributed by atoms with Gasteiger partial charge in [-0.1, -0.05) is 41.4 Å². The molecule has 3 rings (SSSR count). The molecule has 1 heterocycles. The highest BCUT2D eigenvalue weighted by Gasteiger charge is 2.09. The first-order valence-corrected chi connectivity index (χ1v) is 8.66. The molecule has 0 spiro atoms. The van der Waals surface area contributed by atoms with Crippen LogP contribution < -0.4 is 10.6 Å². The highest BCUT2D eigenvalue weighted by Crippen LogP contribution is 2.21. The molecule has 7 heteroatoms. The summed E-state index contributed by atoms with van der Waals surface area (Å²) < 4.78 is 0. The number of carbonyl (C=O) groups is 1. The Labute approximate surface area is 161 Å². The standard InChI is InChI=1S/C19H16Cl2N4O/c1-12-2-7-15(10-16(12)21)24-19-22-9-8-17(25-19)18(26)23-11-13-3-5-14(20)6-4-13/h2-10H,11H2,1H3,(H,23,26)(H,22,24,25). The maximum absolute atomic E-state index is 12.3. The van der Waals surface area contributed by atoms with Crippen LogP contribution in [0.2, 0.25) is 10.0 Å². The van der Waals surface area contributed by atoms with Gasteiger partial charge in [-0.25, -0.2) is 9.97 Å². The van der Waals surface area contributed by atoms with E-state index in [1.807, 2.05) is 31.2 Å². The smallest absolute Gasteiger partial charge is 0.270 e. The molecule has 3 aromatic rings. The monoisotopic (exact) mass is 386 g/mol. The van der Waals surface area contributed by atoms with E-state index in [1.165, 1.54) is 6.20 Å². The lowest BCUT2D eigenvalue weighted by Crippen LogP contribution is -2.24. The van der Waals surface area contributed by atoms with Crippen LogP contribution >= 0.6 is 23.2 Å². The van der Waals surface area contributed by atoms with Crippen LogP contribution in [0, 0.1) is 6.92 Å². The summed E-state index contributed by atoms with van der Waals surface area (Å²) in [7, 11) is 0. The van der Waals surface area contributed by atoms with E-state index in [0.717, 1.165) is 16.8 Å². The molecular formula is C19H16Cl2N4O. The molecule has 132 valence electrons. The maximum Gasteiger partial charge on any atom is 0.270 e. The van der Waals surface area contributed by atoms with Crippen molar-refractivity contribution in [2.75, 3.05) is 5.32 Å². The third-order valence-electron chi connectivity index (χ3n) is 3.68. The summed E-state index contributed by atoms with van der Waals surface area (Å²) in [5.41, 5.74) is 2.95. The topological polar surface area (TPSA) is 66.9 Å². The highest BCUT2D eigenvalue weighted by atomic mass is 35.5. The molecule has 2 N–H and O–H groups in total. The molecule has 26 heavy (non-hydrogen) atoms. The Kier molecular flexibility index (Phi) is 5.71. The number of aryl methyl sites for hydroxylation is 1. The first-order chi connectivity index (χ1) is 12.5. The Morgan fingerprint density at radius 3 is 2.58 bits per heavy atom. The van der Waals surface area contributed by atoms with Gasteiger partial charge < -0.3 is 10.6 Å². The first kappa shape index (κ1) is 18.2. The van der Waals surface area contributed by atoms with Crippen molar-refractivity contribution in [2.45, 2.75) is 13.5 Å². The molecule has 0 saturated carbocycles. The number of rotatable bonds is 5. The minimum atomic E-state index is -0.285. The third kappa shape index (κ3) is 4.71. The van der Waals surface area contributed by atoms with E-state index in [9.17, 15) is 4.79 Å². The van der Waals surface area contributed by atoms with E-state index in [2.05, 4.69) is 20.6 Å². The van der Waals surface area contributed by atoms with E-state index >= 15 is 0 Å². The Hall–Kier alpha value is -2.63. The van der Waals surface area contributed by atoms with Gasteiger partial charge in [-0.15, -0.1) is 0 Å². The molecule has 0 aliphatic carbocycles. The lowest BCUT2D eigenvalue weighted by molar-refractivity contribution is 0.0946. The van der Waals surface area contributed by atoms with E-state index in [4.69, 9.17) is 23.2 Å². The van der Waals surface area contributed by atoms with Gasteiger partial charge in [-0.3, -0.25) is 4.79 Å². The Balaban J connectivity index is 1.66. The van der Waals surface area contributed by atoms with E-state index in [0.29, 0.717) is 22.5 Å². The van der Waals surface area contributed by atoms with Crippen LogP contribution in [0.1, 0.15) is 21.6 Å². The first-order valence-electron chi connectivity index (χ1n) is 7.90. The zero-order chi connectivity index (χ0) is 18.5. The van der Waals surface area contributed by atoms with Crippen LogP contribution in [0.4, 0.5) is 11.6 Å². The number of hydrogen-bond acceptors (Lipinski definition) is 4. The molecule has 0 radical (unpaired) electrons. The Morgan fingerprint density at radius 2 is 1.85 bits per heavy atom. The molecule has 0 unspecified atom stereocenters. The van der Waals surface area contributed by atoms with Gasteiger partial charge in [-0.2, -0.15) is 0 Å². The van der Waals surface area contributed by atoms with Crippen molar-refractivity contribution < 1.29 is 4.79 Å². The SMILES string of the molecule is Cc1ccc(Nc2nccc(C(=O)NCc3ccc(Cl)cc3)n2)cc1Cl. The summed E-state index contributed by atoms with van der Waals surface area (Å²) in [4.78, 5) is 20.7. The van der Waals surface area contributed by atoms with Gasteiger partial charge in [-0.05, 0) is 48.4 Å². The van der Waals surface area contributed by atoms with E-state index in [-0.39, 0.29) is 11.6 Å². The number of carbonyl (C=O) groups excluding carboxylic acids is 1. The largest absolute Gasteiger partial charge is 0.347 e. The molecule has 0 atom stereocenters. The summed E-state index contributed by atoms with van der Waals surface area (Å²) in [6.07, 6.45) is 1.53. The molecule has 1 amide bonds. The average molecular weight is 387 g/mol. The van der Waals surface area contributed by atoms with Gasteiger partial charge in [0.2, 0.25) is 5.95 Å².